The quantitative estimate of drug-likeness (QED) is 0.799. The van der Waals surface area contributed by atoms with Crippen LogP contribution in [0.25, 0.3) is 0 Å². The highest BCUT2D eigenvalue weighted by Crippen LogP contribution is 2.42. The minimum Gasteiger partial charge on any atom is -0.277 e. The third-order valence-corrected chi connectivity index (χ3v) is 5.04. The monoisotopic (exact) mass is 383 g/mol. The summed E-state index contributed by atoms with van der Waals surface area (Å²) in [6, 6.07) is 7.39. The fourth-order valence-electron chi connectivity index (χ4n) is 1.78. The average Bonchev–Trinajstić information content (AvgIpc) is 2.42. The van der Waals surface area contributed by atoms with Gasteiger partial charge in [-0.3, -0.25) is 4.72 Å². The van der Waals surface area contributed by atoms with E-state index in [2.05, 4.69) is 0 Å². The molecule has 23 heavy (non-hydrogen) atoms. The first-order valence-electron chi connectivity index (χ1n) is 6.17. The number of alkyl halides is 3. The summed E-state index contributed by atoms with van der Waals surface area (Å²) >= 11 is 11.5. The van der Waals surface area contributed by atoms with Gasteiger partial charge in [-0.05, 0) is 31.2 Å². The van der Waals surface area contributed by atoms with Crippen LogP contribution in [0.15, 0.2) is 41.3 Å². The first-order chi connectivity index (χ1) is 10.5. The third-order valence-electron chi connectivity index (χ3n) is 2.96. The highest BCUT2D eigenvalue weighted by atomic mass is 35.5. The lowest BCUT2D eigenvalue weighted by atomic mass is 10.2. The number of halogens is 5. The Morgan fingerprint density at radius 1 is 1.00 bits per heavy atom. The molecule has 2 rings (SSSR count). The molecule has 0 spiro atoms. The Bertz CT molecular complexity index is 834. The highest BCUT2D eigenvalue weighted by Gasteiger charge is 2.35. The van der Waals surface area contributed by atoms with E-state index in [9.17, 15) is 21.6 Å². The summed E-state index contributed by atoms with van der Waals surface area (Å²) in [4.78, 5) is -0.118. The van der Waals surface area contributed by atoms with E-state index in [1.165, 1.54) is 12.1 Å². The van der Waals surface area contributed by atoms with Gasteiger partial charge in [-0.2, -0.15) is 13.2 Å². The summed E-state index contributed by atoms with van der Waals surface area (Å²) in [6.45, 7) is 1.77. The average molecular weight is 384 g/mol. The smallest absolute Gasteiger partial charge is 0.277 e. The van der Waals surface area contributed by atoms with Gasteiger partial charge < -0.3 is 0 Å². The van der Waals surface area contributed by atoms with Crippen LogP contribution in [0.3, 0.4) is 0 Å². The maximum atomic E-state index is 12.9. The topological polar surface area (TPSA) is 46.2 Å². The normalized spacial score (nSPS) is 12.3. The van der Waals surface area contributed by atoms with Crippen molar-refractivity contribution in [2.75, 3.05) is 4.72 Å². The lowest BCUT2D eigenvalue weighted by molar-refractivity contribution is -0.137. The molecule has 1 N–H and O–H groups in total. The standard InChI is InChI=1S/C14H10Cl2F3NO2S/c1-8-2-4-9(5-3-8)23(21,22)20-13-11(15)7-6-10(12(13)16)14(17,18)19/h2-7,20H,1H3. The molecule has 0 fully saturated rings. The lowest BCUT2D eigenvalue weighted by Gasteiger charge is -2.15. The fraction of sp³-hybridized carbons (Fsp3) is 0.143. The summed E-state index contributed by atoms with van der Waals surface area (Å²) in [5.74, 6) is 0. The Kier molecular flexibility index (Phi) is 4.84. The number of sulfonamides is 1. The van der Waals surface area contributed by atoms with Gasteiger partial charge in [0.2, 0.25) is 0 Å². The SMILES string of the molecule is Cc1ccc(S(=O)(=O)Nc2c(Cl)ccc(C(F)(F)F)c2Cl)cc1. The number of benzene rings is 2. The van der Waals surface area contributed by atoms with Crippen LogP contribution in [0.2, 0.25) is 10.0 Å². The van der Waals surface area contributed by atoms with Gasteiger partial charge in [0, 0.05) is 0 Å². The Morgan fingerprint density at radius 3 is 2.09 bits per heavy atom. The van der Waals surface area contributed by atoms with Gasteiger partial charge in [0.25, 0.3) is 10.0 Å². The minimum atomic E-state index is -4.73. The molecule has 3 nitrogen and oxygen atoms in total. The van der Waals surface area contributed by atoms with E-state index in [0.29, 0.717) is 6.07 Å². The van der Waals surface area contributed by atoms with Crippen LogP contribution >= 0.6 is 23.2 Å². The van der Waals surface area contributed by atoms with Gasteiger partial charge >= 0.3 is 6.18 Å². The molecule has 2 aromatic rings. The zero-order valence-corrected chi connectivity index (χ0v) is 13.9. The zero-order chi connectivity index (χ0) is 17.4. The summed E-state index contributed by atoms with van der Waals surface area (Å²) in [5, 5.41) is -1.04. The van der Waals surface area contributed by atoms with Crippen LogP contribution < -0.4 is 4.72 Å². The van der Waals surface area contributed by atoms with Crippen molar-refractivity contribution in [3.8, 4) is 0 Å². The lowest BCUT2D eigenvalue weighted by Crippen LogP contribution is -2.15. The van der Waals surface area contributed by atoms with Gasteiger partial charge in [0.1, 0.15) is 0 Å². The van der Waals surface area contributed by atoms with E-state index in [0.717, 1.165) is 11.6 Å². The molecule has 124 valence electrons. The van der Waals surface area contributed by atoms with E-state index in [-0.39, 0.29) is 9.92 Å². The van der Waals surface area contributed by atoms with Crippen molar-refractivity contribution in [1.29, 1.82) is 0 Å². The van der Waals surface area contributed by atoms with Crippen LogP contribution in [-0.2, 0) is 16.2 Å². The molecule has 0 heterocycles. The van der Waals surface area contributed by atoms with Crippen molar-refractivity contribution in [3.63, 3.8) is 0 Å². The van der Waals surface area contributed by atoms with Crippen molar-refractivity contribution < 1.29 is 21.6 Å². The molecule has 0 atom stereocenters. The molecule has 2 aromatic carbocycles. The van der Waals surface area contributed by atoms with E-state index in [1.807, 2.05) is 4.72 Å². The number of nitrogens with one attached hydrogen (secondary N) is 1. The molecule has 0 bridgehead atoms. The van der Waals surface area contributed by atoms with Gasteiger partial charge in [-0.15, -0.1) is 0 Å². The van der Waals surface area contributed by atoms with Crippen molar-refractivity contribution in [1.82, 2.24) is 0 Å². The number of rotatable bonds is 3. The molecule has 0 amide bonds. The molecule has 9 heteroatoms. The van der Waals surface area contributed by atoms with E-state index < -0.39 is 32.5 Å². The number of anilines is 1. The van der Waals surface area contributed by atoms with Crippen LogP contribution in [-0.4, -0.2) is 8.42 Å². The first-order valence-corrected chi connectivity index (χ1v) is 8.41. The van der Waals surface area contributed by atoms with Gasteiger partial charge in [-0.1, -0.05) is 40.9 Å². The van der Waals surface area contributed by atoms with Crippen LogP contribution in [0, 0.1) is 6.92 Å². The molecular weight excluding hydrogens is 374 g/mol. The van der Waals surface area contributed by atoms with Crippen LogP contribution in [0.5, 0.6) is 0 Å². The third kappa shape index (κ3) is 3.91. The highest BCUT2D eigenvalue weighted by molar-refractivity contribution is 7.92. The van der Waals surface area contributed by atoms with E-state index >= 15 is 0 Å². The van der Waals surface area contributed by atoms with Gasteiger partial charge in [-0.25, -0.2) is 8.42 Å². The largest absolute Gasteiger partial charge is 0.417 e. The molecular formula is C14H10Cl2F3NO2S. The molecule has 0 unspecified atom stereocenters. The number of hydrogen-bond donors (Lipinski definition) is 1. The molecule has 0 saturated carbocycles. The number of hydrogen-bond acceptors (Lipinski definition) is 2. The second kappa shape index (κ2) is 6.22. The zero-order valence-electron chi connectivity index (χ0n) is 11.6. The van der Waals surface area contributed by atoms with Crippen LogP contribution in [0.1, 0.15) is 11.1 Å². The number of aryl methyl sites for hydroxylation is 1. The molecule has 0 aromatic heterocycles. The summed E-state index contributed by atoms with van der Waals surface area (Å²) in [7, 11) is -4.12. The minimum absolute atomic E-state index is 0.118. The Morgan fingerprint density at radius 2 is 1.57 bits per heavy atom. The summed E-state index contributed by atoms with van der Waals surface area (Å²) in [6.07, 6.45) is -4.73. The van der Waals surface area contributed by atoms with E-state index in [4.69, 9.17) is 23.2 Å². The molecule has 0 aliphatic carbocycles. The molecule has 0 aliphatic rings. The van der Waals surface area contributed by atoms with Gasteiger partial charge in [0.05, 0.1) is 26.2 Å². The molecule has 0 aliphatic heterocycles. The molecule has 0 saturated heterocycles. The Balaban J connectivity index is 2.49. The van der Waals surface area contributed by atoms with E-state index in [1.54, 1.807) is 19.1 Å². The fourth-order valence-corrected chi connectivity index (χ4v) is 3.55. The second-order valence-electron chi connectivity index (χ2n) is 4.70. The Hall–Kier alpha value is -1.44. The van der Waals surface area contributed by atoms with Crippen molar-refractivity contribution in [2.24, 2.45) is 0 Å². The summed E-state index contributed by atoms with van der Waals surface area (Å²) in [5.41, 5.74) is -0.854. The first kappa shape index (κ1) is 17.9. The second-order valence-corrected chi connectivity index (χ2v) is 7.17. The maximum absolute atomic E-state index is 12.9. The van der Waals surface area contributed by atoms with Gasteiger partial charge in [0.15, 0.2) is 0 Å². The van der Waals surface area contributed by atoms with Crippen LogP contribution in [0.4, 0.5) is 18.9 Å². The predicted octanol–water partition coefficient (Wildman–Crippen LogP) is 5.12. The summed E-state index contributed by atoms with van der Waals surface area (Å²) < 4.78 is 65.1. The van der Waals surface area contributed by atoms with Crippen molar-refractivity contribution in [3.05, 3.63) is 57.6 Å². The van der Waals surface area contributed by atoms with Crippen molar-refractivity contribution >= 4 is 38.9 Å². The maximum Gasteiger partial charge on any atom is 0.417 e. The molecule has 0 radical (unpaired) electrons. The van der Waals surface area contributed by atoms with Crippen molar-refractivity contribution in [2.45, 2.75) is 18.0 Å². The Labute approximate surface area is 141 Å². The predicted molar refractivity (Wildman–Crippen MR) is 83.5 cm³/mol.